The molecule has 0 fully saturated rings. The molecule has 0 radical (unpaired) electrons. The van der Waals surface area contributed by atoms with Crippen LogP contribution in [0, 0.1) is 0 Å². The van der Waals surface area contributed by atoms with Crippen molar-refractivity contribution in [3.8, 4) is 0 Å². The highest BCUT2D eigenvalue weighted by Gasteiger charge is 1.93. The topological polar surface area (TPSA) is 12.9 Å². The number of thiocarbonyl (C=S) groups is 1. The fourth-order valence-electron chi connectivity index (χ4n) is 0.397. The van der Waals surface area contributed by atoms with Gasteiger partial charge in [0.2, 0.25) is 0 Å². The van der Waals surface area contributed by atoms with Crippen molar-refractivity contribution in [2.75, 3.05) is 0 Å². The molecule has 1 heterocycles. The van der Waals surface area contributed by atoms with Gasteiger partial charge in [0.15, 0.2) is 0 Å². The number of aromatic nitrogens is 1. The Morgan fingerprint density at radius 1 is 1.88 bits per heavy atom. The summed E-state index contributed by atoms with van der Waals surface area (Å²) < 4.78 is 0. The molecular weight excluding hydrogens is 138 g/mol. The lowest BCUT2D eigenvalue weighted by Crippen LogP contribution is -1.85. The summed E-state index contributed by atoms with van der Waals surface area (Å²) in [6.07, 6.45) is 1.76. The van der Waals surface area contributed by atoms with Crippen molar-refractivity contribution in [2.24, 2.45) is 0 Å². The SMILES string of the molecule is CC(=S)c1nccs1. The number of rotatable bonds is 1. The van der Waals surface area contributed by atoms with E-state index in [1.807, 2.05) is 12.3 Å². The molecule has 0 amide bonds. The van der Waals surface area contributed by atoms with E-state index in [0.29, 0.717) is 0 Å². The van der Waals surface area contributed by atoms with E-state index in [-0.39, 0.29) is 0 Å². The third kappa shape index (κ3) is 1.11. The van der Waals surface area contributed by atoms with Crippen molar-refractivity contribution in [3.63, 3.8) is 0 Å². The third-order valence-corrected chi connectivity index (χ3v) is 1.95. The van der Waals surface area contributed by atoms with Crippen LogP contribution in [0.2, 0.25) is 0 Å². The third-order valence-electron chi connectivity index (χ3n) is 0.733. The van der Waals surface area contributed by atoms with Crippen molar-refractivity contribution < 1.29 is 0 Å². The zero-order chi connectivity index (χ0) is 5.98. The van der Waals surface area contributed by atoms with E-state index >= 15 is 0 Å². The predicted molar refractivity (Wildman–Crippen MR) is 39.5 cm³/mol. The largest absolute Gasteiger partial charge is 0.244 e. The molecule has 1 aromatic heterocycles. The molecule has 0 spiro atoms. The highest BCUT2D eigenvalue weighted by molar-refractivity contribution is 7.81. The second kappa shape index (κ2) is 2.33. The van der Waals surface area contributed by atoms with Gasteiger partial charge in [-0.3, -0.25) is 0 Å². The Kier molecular flexibility index (Phi) is 1.70. The summed E-state index contributed by atoms with van der Waals surface area (Å²) >= 11 is 6.44. The Balaban J connectivity index is 2.93. The van der Waals surface area contributed by atoms with Crippen molar-refractivity contribution in [3.05, 3.63) is 16.6 Å². The quantitative estimate of drug-likeness (QED) is 0.440. The van der Waals surface area contributed by atoms with E-state index in [0.717, 1.165) is 9.87 Å². The minimum atomic E-state index is 0.875. The summed E-state index contributed by atoms with van der Waals surface area (Å²) in [5.41, 5.74) is 0. The zero-order valence-electron chi connectivity index (χ0n) is 4.42. The van der Waals surface area contributed by atoms with E-state index < -0.39 is 0 Å². The zero-order valence-corrected chi connectivity index (χ0v) is 6.05. The van der Waals surface area contributed by atoms with Gasteiger partial charge < -0.3 is 0 Å². The van der Waals surface area contributed by atoms with Crippen LogP contribution in [0.4, 0.5) is 0 Å². The first kappa shape index (κ1) is 5.85. The molecule has 0 bridgehead atoms. The van der Waals surface area contributed by atoms with Crippen molar-refractivity contribution in [1.82, 2.24) is 4.98 Å². The van der Waals surface area contributed by atoms with Crippen molar-refractivity contribution in [1.29, 1.82) is 0 Å². The maximum absolute atomic E-state index is 4.86. The van der Waals surface area contributed by atoms with Gasteiger partial charge in [-0.05, 0) is 6.92 Å². The average Bonchev–Trinajstić information content (AvgIpc) is 2.12. The highest BCUT2D eigenvalue weighted by Crippen LogP contribution is 2.04. The molecule has 1 nitrogen and oxygen atoms in total. The highest BCUT2D eigenvalue weighted by atomic mass is 32.1. The van der Waals surface area contributed by atoms with Crippen molar-refractivity contribution >= 4 is 28.4 Å². The van der Waals surface area contributed by atoms with Gasteiger partial charge in [-0.25, -0.2) is 4.98 Å². The summed E-state index contributed by atoms with van der Waals surface area (Å²) in [5, 5.41) is 2.88. The molecule has 0 aliphatic carbocycles. The smallest absolute Gasteiger partial charge is 0.129 e. The number of nitrogens with zero attached hydrogens (tertiary/aromatic N) is 1. The molecule has 0 aromatic carbocycles. The molecule has 0 atom stereocenters. The number of thiazole rings is 1. The van der Waals surface area contributed by atoms with Crippen LogP contribution in [0.15, 0.2) is 11.6 Å². The van der Waals surface area contributed by atoms with Crippen LogP contribution in [0.1, 0.15) is 11.9 Å². The summed E-state index contributed by atoms with van der Waals surface area (Å²) in [6, 6.07) is 0. The van der Waals surface area contributed by atoms with E-state index in [2.05, 4.69) is 4.98 Å². The van der Waals surface area contributed by atoms with Gasteiger partial charge in [-0.15, -0.1) is 11.3 Å². The normalized spacial score (nSPS) is 9.12. The molecule has 1 rings (SSSR count). The van der Waals surface area contributed by atoms with Crippen LogP contribution in [0.25, 0.3) is 0 Å². The van der Waals surface area contributed by atoms with Gasteiger partial charge in [0.1, 0.15) is 5.01 Å². The Labute approximate surface area is 57.4 Å². The summed E-state index contributed by atoms with van der Waals surface area (Å²) in [4.78, 5) is 4.87. The molecule has 8 heavy (non-hydrogen) atoms. The molecule has 1 aromatic rings. The van der Waals surface area contributed by atoms with E-state index in [4.69, 9.17) is 12.2 Å². The van der Waals surface area contributed by atoms with Crippen LogP contribution in [-0.4, -0.2) is 9.85 Å². The molecule has 0 aliphatic rings. The lowest BCUT2D eigenvalue weighted by atomic mass is 10.5. The first-order valence-electron chi connectivity index (χ1n) is 2.21. The Morgan fingerprint density at radius 3 is 2.88 bits per heavy atom. The summed E-state index contributed by atoms with van der Waals surface area (Å²) in [7, 11) is 0. The molecule has 0 saturated heterocycles. The second-order valence-corrected chi connectivity index (χ2v) is 2.90. The minimum absolute atomic E-state index is 0.875. The lowest BCUT2D eigenvalue weighted by Gasteiger charge is -1.82. The van der Waals surface area contributed by atoms with Crippen LogP contribution < -0.4 is 0 Å². The van der Waals surface area contributed by atoms with E-state index in [1.54, 1.807) is 17.5 Å². The number of hydrogen-bond acceptors (Lipinski definition) is 3. The van der Waals surface area contributed by atoms with Crippen molar-refractivity contribution in [2.45, 2.75) is 6.92 Å². The molecule has 0 aliphatic heterocycles. The lowest BCUT2D eigenvalue weighted by molar-refractivity contribution is 1.40. The Bertz CT molecular complexity index is 178. The molecule has 42 valence electrons. The van der Waals surface area contributed by atoms with Gasteiger partial charge in [-0.1, -0.05) is 12.2 Å². The maximum Gasteiger partial charge on any atom is 0.129 e. The number of hydrogen-bond donors (Lipinski definition) is 0. The van der Waals surface area contributed by atoms with Crippen LogP contribution in [0.3, 0.4) is 0 Å². The Morgan fingerprint density at radius 2 is 2.62 bits per heavy atom. The maximum atomic E-state index is 4.86. The molecule has 0 saturated carbocycles. The van der Waals surface area contributed by atoms with Gasteiger partial charge in [0.25, 0.3) is 0 Å². The minimum Gasteiger partial charge on any atom is -0.244 e. The van der Waals surface area contributed by atoms with Gasteiger partial charge in [0.05, 0.1) is 0 Å². The first-order chi connectivity index (χ1) is 3.80. The fourth-order valence-corrected chi connectivity index (χ4v) is 1.13. The standard InChI is InChI=1S/C5H5NS2/c1-4(7)5-6-2-3-8-5/h2-3H,1H3. The predicted octanol–water partition coefficient (Wildman–Crippen LogP) is 1.88. The molecule has 3 heteroatoms. The Hall–Kier alpha value is -0.280. The summed E-state index contributed by atoms with van der Waals surface area (Å²) in [5.74, 6) is 0. The first-order valence-corrected chi connectivity index (χ1v) is 3.50. The second-order valence-electron chi connectivity index (χ2n) is 1.39. The molecular formula is C5H5NS2. The van der Waals surface area contributed by atoms with E-state index in [9.17, 15) is 0 Å². The average molecular weight is 143 g/mol. The van der Waals surface area contributed by atoms with Crippen LogP contribution >= 0.6 is 23.6 Å². The van der Waals surface area contributed by atoms with Crippen LogP contribution in [0.5, 0.6) is 0 Å². The van der Waals surface area contributed by atoms with E-state index in [1.165, 1.54) is 0 Å². The molecule has 0 N–H and O–H groups in total. The molecule has 0 unspecified atom stereocenters. The fraction of sp³-hybridized carbons (Fsp3) is 0.200. The monoisotopic (exact) mass is 143 g/mol. The van der Waals surface area contributed by atoms with Gasteiger partial charge in [-0.2, -0.15) is 0 Å². The van der Waals surface area contributed by atoms with Gasteiger partial charge >= 0.3 is 0 Å². The van der Waals surface area contributed by atoms with Gasteiger partial charge in [0, 0.05) is 16.4 Å². The summed E-state index contributed by atoms with van der Waals surface area (Å²) in [6.45, 7) is 1.88. The van der Waals surface area contributed by atoms with Crippen LogP contribution in [-0.2, 0) is 0 Å².